The highest BCUT2D eigenvalue weighted by Gasteiger charge is 2.31. The molecule has 1 unspecified atom stereocenters. The molecule has 112 valence electrons. The first-order chi connectivity index (χ1) is 10.1. The molecule has 0 aliphatic heterocycles. The summed E-state index contributed by atoms with van der Waals surface area (Å²) >= 11 is 0. The summed E-state index contributed by atoms with van der Waals surface area (Å²) in [6.07, 6.45) is 0.646. The minimum absolute atomic E-state index is 0.00496. The molecule has 0 saturated carbocycles. The Balaban J connectivity index is 2.43. The predicted molar refractivity (Wildman–Crippen MR) is 85.7 cm³/mol. The molecule has 0 aliphatic carbocycles. The van der Waals surface area contributed by atoms with E-state index in [0.29, 0.717) is 13.0 Å². The fourth-order valence-corrected chi connectivity index (χ4v) is 2.69. The van der Waals surface area contributed by atoms with Crippen molar-refractivity contribution in [2.45, 2.75) is 18.8 Å². The Bertz CT molecular complexity index is 591. The fourth-order valence-electron chi connectivity index (χ4n) is 2.69. The van der Waals surface area contributed by atoms with Gasteiger partial charge in [0.1, 0.15) is 5.75 Å². The van der Waals surface area contributed by atoms with Gasteiger partial charge < -0.3 is 15.6 Å². The second kappa shape index (κ2) is 6.74. The Kier molecular flexibility index (Phi) is 4.99. The van der Waals surface area contributed by atoms with Crippen molar-refractivity contribution >= 4 is 0 Å². The zero-order valence-electron chi connectivity index (χ0n) is 12.7. The fraction of sp³-hybridized carbons (Fsp3) is 0.333. The van der Waals surface area contributed by atoms with Gasteiger partial charge in [-0.25, -0.2) is 0 Å². The van der Waals surface area contributed by atoms with Crippen molar-refractivity contribution in [1.29, 1.82) is 0 Å². The standard InChI is InChI=1S/C18H23NO2/c1-14-6-5-8-16(10-14)18(12-19,13-20)11-15-7-3-4-9-17(15)21-2/h3-10,20H,11-13,19H2,1-2H3. The average Bonchev–Trinajstić information content (AvgIpc) is 2.53. The van der Waals surface area contributed by atoms with Crippen LogP contribution in [0.4, 0.5) is 0 Å². The topological polar surface area (TPSA) is 55.5 Å². The SMILES string of the molecule is COc1ccccc1CC(CN)(CO)c1cccc(C)c1. The molecule has 3 heteroatoms. The number of hydrogen-bond acceptors (Lipinski definition) is 3. The molecule has 0 aromatic heterocycles. The minimum Gasteiger partial charge on any atom is -0.496 e. The Labute approximate surface area is 126 Å². The zero-order chi connectivity index (χ0) is 15.3. The maximum Gasteiger partial charge on any atom is 0.122 e. The lowest BCUT2D eigenvalue weighted by Crippen LogP contribution is -2.41. The van der Waals surface area contributed by atoms with Crippen LogP contribution in [0.1, 0.15) is 16.7 Å². The molecule has 1 atom stereocenters. The molecule has 2 aromatic carbocycles. The molecule has 3 nitrogen and oxygen atoms in total. The normalized spacial score (nSPS) is 13.7. The number of para-hydroxylation sites is 1. The van der Waals surface area contributed by atoms with E-state index < -0.39 is 5.41 Å². The lowest BCUT2D eigenvalue weighted by molar-refractivity contribution is 0.195. The van der Waals surface area contributed by atoms with E-state index in [9.17, 15) is 5.11 Å². The summed E-state index contributed by atoms with van der Waals surface area (Å²) in [5, 5.41) is 10.0. The van der Waals surface area contributed by atoms with E-state index in [1.165, 1.54) is 5.56 Å². The molecule has 0 bridgehead atoms. The summed E-state index contributed by atoms with van der Waals surface area (Å²) in [6.45, 7) is 2.43. The van der Waals surface area contributed by atoms with E-state index in [1.54, 1.807) is 7.11 Å². The van der Waals surface area contributed by atoms with Crippen molar-refractivity contribution in [3.05, 3.63) is 65.2 Å². The van der Waals surface area contributed by atoms with Gasteiger partial charge in [-0.2, -0.15) is 0 Å². The lowest BCUT2D eigenvalue weighted by Gasteiger charge is -2.32. The van der Waals surface area contributed by atoms with Crippen molar-refractivity contribution in [1.82, 2.24) is 0 Å². The van der Waals surface area contributed by atoms with Crippen LogP contribution in [0.15, 0.2) is 48.5 Å². The maximum absolute atomic E-state index is 10.0. The van der Waals surface area contributed by atoms with Crippen LogP contribution >= 0.6 is 0 Å². The molecule has 0 spiro atoms. The van der Waals surface area contributed by atoms with Gasteiger partial charge in [0.25, 0.3) is 0 Å². The first kappa shape index (κ1) is 15.5. The van der Waals surface area contributed by atoms with Crippen molar-refractivity contribution in [2.24, 2.45) is 5.73 Å². The van der Waals surface area contributed by atoms with Gasteiger partial charge in [-0.1, -0.05) is 48.0 Å². The molecular formula is C18H23NO2. The van der Waals surface area contributed by atoms with E-state index in [1.807, 2.05) is 49.4 Å². The van der Waals surface area contributed by atoms with Gasteiger partial charge in [-0.3, -0.25) is 0 Å². The van der Waals surface area contributed by atoms with Crippen LogP contribution in [-0.4, -0.2) is 25.4 Å². The summed E-state index contributed by atoms with van der Waals surface area (Å²) in [5.74, 6) is 0.830. The quantitative estimate of drug-likeness (QED) is 0.857. The van der Waals surface area contributed by atoms with Crippen molar-refractivity contribution in [3.8, 4) is 5.75 Å². The molecule has 0 fully saturated rings. The van der Waals surface area contributed by atoms with Gasteiger partial charge in [0.05, 0.1) is 13.7 Å². The molecule has 0 saturated heterocycles. The Morgan fingerprint density at radius 3 is 2.52 bits per heavy atom. The number of aryl methyl sites for hydroxylation is 1. The molecule has 3 N–H and O–H groups in total. The summed E-state index contributed by atoms with van der Waals surface area (Å²) in [7, 11) is 1.66. The molecular weight excluding hydrogens is 262 g/mol. The van der Waals surface area contributed by atoms with Crippen LogP contribution in [0.25, 0.3) is 0 Å². The van der Waals surface area contributed by atoms with Gasteiger partial charge in [-0.05, 0) is 30.5 Å². The third-order valence-electron chi connectivity index (χ3n) is 4.05. The van der Waals surface area contributed by atoms with Crippen molar-refractivity contribution in [3.63, 3.8) is 0 Å². The number of methoxy groups -OCH3 is 1. The van der Waals surface area contributed by atoms with Crippen LogP contribution in [0.2, 0.25) is 0 Å². The highest BCUT2D eigenvalue weighted by atomic mass is 16.5. The Hall–Kier alpha value is -1.84. The second-order valence-electron chi connectivity index (χ2n) is 5.50. The second-order valence-corrected chi connectivity index (χ2v) is 5.50. The van der Waals surface area contributed by atoms with Gasteiger partial charge in [0, 0.05) is 12.0 Å². The number of hydrogen-bond donors (Lipinski definition) is 2. The van der Waals surface area contributed by atoms with E-state index in [-0.39, 0.29) is 6.61 Å². The maximum atomic E-state index is 10.0. The summed E-state index contributed by atoms with van der Waals surface area (Å²) < 4.78 is 5.42. The monoisotopic (exact) mass is 285 g/mol. The zero-order valence-corrected chi connectivity index (χ0v) is 12.7. The number of ether oxygens (including phenoxy) is 1. The molecule has 0 aliphatic rings. The number of aliphatic hydroxyl groups excluding tert-OH is 1. The van der Waals surface area contributed by atoms with Crippen LogP contribution in [0.3, 0.4) is 0 Å². The molecule has 2 rings (SSSR count). The molecule has 21 heavy (non-hydrogen) atoms. The van der Waals surface area contributed by atoms with Crippen LogP contribution in [-0.2, 0) is 11.8 Å². The summed E-state index contributed by atoms with van der Waals surface area (Å²) in [4.78, 5) is 0. The highest BCUT2D eigenvalue weighted by Crippen LogP contribution is 2.31. The van der Waals surface area contributed by atoms with Crippen molar-refractivity contribution < 1.29 is 9.84 Å². The number of nitrogens with two attached hydrogens (primary N) is 1. The van der Waals surface area contributed by atoms with Crippen LogP contribution in [0.5, 0.6) is 5.75 Å². The third-order valence-corrected chi connectivity index (χ3v) is 4.05. The average molecular weight is 285 g/mol. The summed E-state index contributed by atoms with van der Waals surface area (Å²) in [6, 6.07) is 16.1. The van der Waals surface area contributed by atoms with Crippen molar-refractivity contribution in [2.75, 3.05) is 20.3 Å². The molecule has 0 amide bonds. The van der Waals surface area contributed by atoms with E-state index in [0.717, 1.165) is 16.9 Å². The Morgan fingerprint density at radius 1 is 1.14 bits per heavy atom. The first-order valence-corrected chi connectivity index (χ1v) is 7.15. The number of aliphatic hydroxyl groups is 1. The number of benzene rings is 2. The smallest absolute Gasteiger partial charge is 0.122 e. The van der Waals surface area contributed by atoms with Gasteiger partial charge in [0.2, 0.25) is 0 Å². The lowest BCUT2D eigenvalue weighted by atomic mass is 9.75. The van der Waals surface area contributed by atoms with E-state index >= 15 is 0 Å². The third kappa shape index (κ3) is 3.26. The van der Waals surface area contributed by atoms with Gasteiger partial charge in [0.15, 0.2) is 0 Å². The molecule has 0 heterocycles. The highest BCUT2D eigenvalue weighted by molar-refractivity contribution is 5.39. The van der Waals surface area contributed by atoms with Gasteiger partial charge in [-0.15, -0.1) is 0 Å². The predicted octanol–water partition coefficient (Wildman–Crippen LogP) is 2.44. The minimum atomic E-state index is -0.485. The molecule has 2 aromatic rings. The van der Waals surface area contributed by atoms with Crippen LogP contribution in [0, 0.1) is 6.92 Å². The molecule has 0 radical (unpaired) electrons. The van der Waals surface area contributed by atoms with Crippen LogP contribution < -0.4 is 10.5 Å². The largest absolute Gasteiger partial charge is 0.496 e. The Morgan fingerprint density at radius 2 is 1.90 bits per heavy atom. The van der Waals surface area contributed by atoms with E-state index in [2.05, 4.69) is 6.07 Å². The first-order valence-electron chi connectivity index (χ1n) is 7.15. The summed E-state index contributed by atoms with van der Waals surface area (Å²) in [5.41, 5.74) is 8.84. The van der Waals surface area contributed by atoms with Gasteiger partial charge >= 0.3 is 0 Å². The number of rotatable bonds is 6. The van der Waals surface area contributed by atoms with E-state index in [4.69, 9.17) is 10.5 Å².